The Hall–Kier alpha value is -0.610. The van der Waals surface area contributed by atoms with E-state index in [9.17, 15) is 9.90 Å². The van der Waals surface area contributed by atoms with Crippen molar-refractivity contribution in [2.24, 2.45) is 5.92 Å². The summed E-state index contributed by atoms with van der Waals surface area (Å²) in [5.41, 5.74) is 0. The number of likely N-dealkylation sites (N-methyl/N-ethyl adjacent to an activating group) is 1. The fourth-order valence-corrected chi connectivity index (χ4v) is 3.06. The third kappa shape index (κ3) is 2.80. The number of rotatable bonds is 3. The molecule has 2 fully saturated rings. The van der Waals surface area contributed by atoms with Crippen molar-refractivity contribution >= 4 is 5.97 Å². The zero-order chi connectivity index (χ0) is 12.6. The van der Waals surface area contributed by atoms with Gasteiger partial charge in [-0.3, -0.25) is 9.69 Å². The molecule has 2 aliphatic heterocycles. The lowest BCUT2D eigenvalue weighted by atomic mass is 10.00. The molecular weight excluding hydrogens is 218 g/mol. The van der Waals surface area contributed by atoms with Crippen LogP contribution >= 0.6 is 0 Å². The molecule has 4 atom stereocenters. The Balaban J connectivity index is 1.87. The molecule has 0 aliphatic carbocycles. The third-order valence-corrected chi connectivity index (χ3v) is 3.97. The summed E-state index contributed by atoms with van der Waals surface area (Å²) in [5.74, 6) is 0.250. The number of carbonyl (C=O) groups is 1. The Kier molecular flexibility index (Phi) is 3.73. The van der Waals surface area contributed by atoms with Crippen molar-refractivity contribution in [1.29, 1.82) is 0 Å². The van der Waals surface area contributed by atoms with E-state index in [-0.39, 0.29) is 24.2 Å². The van der Waals surface area contributed by atoms with Crippen molar-refractivity contribution in [2.45, 2.75) is 63.8 Å². The Morgan fingerprint density at radius 3 is 2.71 bits per heavy atom. The summed E-state index contributed by atoms with van der Waals surface area (Å²) in [7, 11) is 2.05. The number of nitrogens with zero attached hydrogens (tertiary/aromatic N) is 1. The number of carbonyl (C=O) groups excluding carboxylic acids is 1. The van der Waals surface area contributed by atoms with Gasteiger partial charge in [0.2, 0.25) is 0 Å². The van der Waals surface area contributed by atoms with E-state index >= 15 is 0 Å². The predicted octanol–water partition coefficient (Wildman–Crippen LogP) is 1.17. The molecule has 2 rings (SSSR count). The van der Waals surface area contributed by atoms with Gasteiger partial charge in [-0.05, 0) is 19.4 Å². The molecule has 2 heterocycles. The molecule has 0 aromatic carbocycles. The van der Waals surface area contributed by atoms with E-state index in [1.165, 1.54) is 0 Å². The monoisotopic (exact) mass is 241 g/mol. The van der Waals surface area contributed by atoms with E-state index in [0.29, 0.717) is 18.4 Å². The van der Waals surface area contributed by atoms with Crippen molar-refractivity contribution in [2.75, 3.05) is 7.05 Å². The maximum absolute atomic E-state index is 11.6. The second-order valence-electron chi connectivity index (χ2n) is 5.87. The van der Waals surface area contributed by atoms with Gasteiger partial charge in [0.15, 0.2) is 0 Å². The highest BCUT2D eigenvalue weighted by atomic mass is 16.5. The van der Waals surface area contributed by atoms with Crippen LogP contribution in [0.25, 0.3) is 0 Å². The molecule has 98 valence electrons. The summed E-state index contributed by atoms with van der Waals surface area (Å²) < 4.78 is 5.50. The molecule has 2 bridgehead atoms. The molecular formula is C13H23NO3. The fourth-order valence-electron chi connectivity index (χ4n) is 3.06. The first-order valence-corrected chi connectivity index (χ1v) is 6.57. The van der Waals surface area contributed by atoms with Crippen LogP contribution in [0, 0.1) is 5.92 Å². The number of hydrogen-bond donors (Lipinski definition) is 1. The van der Waals surface area contributed by atoms with E-state index < -0.39 is 0 Å². The van der Waals surface area contributed by atoms with Crippen LogP contribution in [0.2, 0.25) is 0 Å². The van der Waals surface area contributed by atoms with Gasteiger partial charge in [0.05, 0.1) is 6.10 Å². The molecule has 2 saturated heterocycles. The Bertz CT molecular complexity index is 292. The van der Waals surface area contributed by atoms with E-state index in [1.807, 2.05) is 13.8 Å². The van der Waals surface area contributed by atoms with Crippen molar-refractivity contribution in [3.8, 4) is 0 Å². The van der Waals surface area contributed by atoms with Crippen molar-refractivity contribution in [3.05, 3.63) is 0 Å². The number of ether oxygens (including phenoxy) is 1. The molecule has 0 radical (unpaired) electrons. The van der Waals surface area contributed by atoms with Gasteiger partial charge in [0, 0.05) is 31.3 Å². The molecule has 1 N–H and O–H groups in total. The highest BCUT2D eigenvalue weighted by molar-refractivity contribution is 5.69. The highest BCUT2D eigenvalue weighted by Crippen LogP contribution is 2.35. The lowest BCUT2D eigenvalue weighted by Gasteiger charge is -2.36. The third-order valence-electron chi connectivity index (χ3n) is 3.97. The lowest BCUT2D eigenvalue weighted by Crippen LogP contribution is -2.45. The van der Waals surface area contributed by atoms with Gasteiger partial charge in [-0.25, -0.2) is 0 Å². The quantitative estimate of drug-likeness (QED) is 0.754. The van der Waals surface area contributed by atoms with Crippen LogP contribution in [0.5, 0.6) is 0 Å². The molecule has 0 saturated carbocycles. The Morgan fingerprint density at radius 1 is 1.41 bits per heavy atom. The van der Waals surface area contributed by atoms with Crippen LogP contribution in [0.4, 0.5) is 0 Å². The Morgan fingerprint density at radius 2 is 2.12 bits per heavy atom. The van der Waals surface area contributed by atoms with Crippen LogP contribution in [0.3, 0.4) is 0 Å². The maximum Gasteiger partial charge on any atom is 0.306 e. The second-order valence-corrected chi connectivity index (χ2v) is 5.87. The van der Waals surface area contributed by atoms with Gasteiger partial charge in [0.25, 0.3) is 0 Å². The standard InChI is InChI=1S/C13H23NO3/c1-8(2)4-13(16)17-10-5-9-6-12(15)11(7-10)14(9)3/h8-12,15H,4-7H2,1-3H3/t9-,10+,11+,12-/m1/s1. The van der Waals surface area contributed by atoms with Gasteiger partial charge in [-0.15, -0.1) is 0 Å². The maximum atomic E-state index is 11.6. The number of fused-ring (bicyclic) bond motifs is 2. The molecule has 4 nitrogen and oxygen atoms in total. The summed E-state index contributed by atoms with van der Waals surface area (Å²) in [6, 6.07) is 0.547. The predicted molar refractivity (Wildman–Crippen MR) is 64.5 cm³/mol. The summed E-state index contributed by atoms with van der Waals surface area (Å²) in [6.45, 7) is 4.03. The van der Waals surface area contributed by atoms with Gasteiger partial charge >= 0.3 is 5.97 Å². The Labute approximate surface area is 103 Å². The second kappa shape index (κ2) is 4.94. The average Bonchev–Trinajstić information content (AvgIpc) is 2.39. The van der Waals surface area contributed by atoms with E-state index in [2.05, 4.69) is 11.9 Å². The smallest absolute Gasteiger partial charge is 0.306 e. The van der Waals surface area contributed by atoms with Crippen LogP contribution in [0.1, 0.15) is 39.5 Å². The minimum atomic E-state index is -0.251. The number of piperidine rings is 1. The number of aliphatic hydroxyl groups is 1. The van der Waals surface area contributed by atoms with Crippen LogP contribution in [-0.2, 0) is 9.53 Å². The number of esters is 1. The zero-order valence-corrected chi connectivity index (χ0v) is 10.9. The summed E-state index contributed by atoms with van der Waals surface area (Å²) in [5, 5.41) is 9.88. The first-order valence-electron chi connectivity index (χ1n) is 6.57. The molecule has 4 heteroatoms. The zero-order valence-electron chi connectivity index (χ0n) is 10.9. The van der Waals surface area contributed by atoms with Gasteiger partial charge in [0.1, 0.15) is 6.10 Å². The van der Waals surface area contributed by atoms with Gasteiger partial charge in [-0.1, -0.05) is 13.8 Å². The van der Waals surface area contributed by atoms with Crippen LogP contribution < -0.4 is 0 Å². The first kappa shape index (κ1) is 12.8. The fraction of sp³-hybridized carbons (Fsp3) is 0.923. The SMILES string of the molecule is CC(C)CC(=O)O[C@H]1C[C@@H]2C[C@@H](O)[C@H](C1)N2C. The topological polar surface area (TPSA) is 49.8 Å². The molecule has 0 spiro atoms. The summed E-state index contributed by atoms with van der Waals surface area (Å²) in [6.07, 6.45) is 2.71. The summed E-state index contributed by atoms with van der Waals surface area (Å²) in [4.78, 5) is 13.9. The summed E-state index contributed by atoms with van der Waals surface area (Å²) >= 11 is 0. The van der Waals surface area contributed by atoms with E-state index in [1.54, 1.807) is 0 Å². The first-order chi connectivity index (χ1) is 7.97. The highest BCUT2D eigenvalue weighted by Gasteiger charge is 2.45. The largest absolute Gasteiger partial charge is 0.462 e. The minimum absolute atomic E-state index is 0.00426. The average molecular weight is 241 g/mol. The number of hydrogen-bond acceptors (Lipinski definition) is 4. The number of aliphatic hydroxyl groups excluding tert-OH is 1. The molecule has 0 aromatic rings. The van der Waals surface area contributed by atoms with Crippen molar-refractivity contribution < 1.29 is 14.6 Å². The van der Waals surface area contributed by atoms with Crippen molar-refractivity contribution in [1.82, 2.24) is 4.90 Å². The van der Waals surface area contributed by atoms with Gasteiger partial charge in [-0.2, -0.15) is 0 Å². The van der Waals surface area contributed by atoms with Crippen LogP contribution in [-0.4, -0.2) is 47.3 Å². The molecule has 0 aromatic heterocycles. The molecule has 0 unspecified atom stereocenters. The molecule has 17 heavy (non-hydrogen) atoms. The van der Waals surface area contributed by atoms with E-state index in [0.717, 1.165) is 19.3 Å². The van der Waals surface area contributed by atoms with E-state index in [4.69, 9.17) is 4.74 Å². The lowest BCUT2D eigenvalue weighted by molar-refractivity contribution is -0.153. The molecule has 2 aliphatic rings. The van der Waals surface area contributed by atoms with Crippen LogP contribution in [0.15, 0.2) is 0 Å². The van der Waals surface area contributed by atoms with Crippen molar-refractivity contribution in [3.63, 3.8) is 0 Å². The molecule has 0 amide bonds. The minimum Gasteiger partial charge on any atom is -0.462 e. The van der Waals surface area contributed by atoms with Gasteiger partial charge < -0.3 is 9.84 Å². The normalized spacial score (nSPS) is 37.5.